The monoisotopic (exact) mass is 275 g/mol. The Kier molecular flexibility index (Phi) is 2.89. The lowest BCUT2D eigenvalue weighted by atomic mass is 10.6. The molecular weight excluding hydrogens is 266 g/mol. The molecular formula is C10H9N7OS. The Balaban J connectivity index is 2.08. The largest absolute Gasteiger partial charge is 0.307 e. The molecule has 0 aliphatic rings. The summed E-state index contributed by atoms with van der Waals surface area (Å²) in [6.07, 6.45) is 6.59. The minimum atomic E-state index is -0.218. The number of H-pyrrole nitrogens is 1. The van der Waals surface area contributed by atoms with Crippen LogP contribution in [0.3, 0.4) is 0 Å². The SMILES string of the molecule is NNc1cn2ccnc2c(Sc2nccc(=O)[nH]2)n1. The third kappa shape index (κ3) is 2.28. The lowest BCUT2D eigenvalue weighted by molar-refractivity contribution is 0.929. The molecule has 19 heavy (non-hydrogen) atoms. The summed E-state index contributed by atoms with van der Waals surface area (Å²) in [6.45, 7) is 0. The van der Waals surface area contributed by atoms with Crippen LogP contribution < -0.4 is 16.8 Å². The number of hydrogen-bond donors (Lipinski definition) is 3. The highest BCUT2D eigenvalue weighted by atomic mass is 32.2. The van der Waals surface area contributed by atoms with E-state index in [4.69, 9.17) is 5.84 Å². The highest BCUT2D eigenvalue weighted by Crippen LogP contribution is 2.26. The van der Waals surface area contributed by atoms with Crippen LogP contribution in [0.25, 0.3) is 5.65 Å². The van der Waals surface area contributed by atoms with Crippen molar-refractivity contribution in [3.8, 4) is 0 Å². The number of rotatable bonds is 3. The van der Waals surface area contributed by atoms with Gasteiger partial charge in [0.2, 0.25) is 0 Å². The summed E-state index contributed by atoms with van der Waals surface area (Å²) in [7, 11) is 0. The third-order valence-corrected chi connectivity index (χ3v) is 3.20. The van der Waals surface area contributed by atoms with Crippen molar-refractivity contribution in [3.63, 3.8) is 0 Å². The fourth-order valence-electron chi connectivity index (χ4n) is 1.54. The smallest absolute Gasteiger partial charge is 0.251 e. The van der Waals surface area contributed by atoms with Crippen molar-refractivity contribution in [2.24, 2.45) is 5.84 Å². The predicted molar refractivity (Wildman–Crippen MR) is 69.8 cm³/mol. The number of aromatic amines is 1. The summed E-state index contributed by atoms with van der Waals surface area (Å²) in [6, 6.07) is 1.35. The number of aromatic nitrogens is 5. The van der Waals surface area contributed by atoms with Crippen LogP contribution in [0.5, 0.6) is 0 Å². The Hall–Kier alpha value is -2.39. The van der Waals surface area contributed by atoms with E-state index in [9.17, 15) is 4.79 Å². The van der Waals surface area contributed by atoms with E-state index >= 15 is 0 Å². The first kappa shape index (κ1) is 11.7. The maximum Gasteiger partial charge on any atom is 0.251 e. The van der Waals surface area contributed by atoms with Gasteiger partial charge in [0.15, 0.2) is 16.6 Å². The van der Waals surface area contributed by atoms with Gasteiger partial charge in [-0.1, -0.05) is 0 Å². The average Bonchev–Trinajstić information content (AvgIpc) is 2.87. The lowest BCUT2D eigenvalue weighted by Gasteiger charge is -2.05. The fraction of sp³-hybridized carbons (Fsp3) is 0. The van der Waals surface area contributed by atoms with Gasteiger partial charge in [0.05, 0.1) is 6.20 Å². The first-order valence-corrected chi connectivity index (χ1v) is 6.11. The Morgan fingerprint density at radius 2 is 2.26 bits per heavy atom. The highest BCUT2D eigenvalue weighted by Gasteiger charge is 2.10. The van der Waals surface area contributed by atoms with Crippen LogP contribution in [0.2, 0.25) is 0 Å². The van der Waals surface area contributed by atoms with Gasteiger partial charge in [0.1, 0.15) is 5.03 Å². The summed E-state index contributed by atoms with van der Waals surface area (Å²) in [5.74, 6) is 5.86. The fourth-order valence-corrected chi connectivity index (χ4v) is 2.38. The van der Waals surface area contributed by atoms with E-state index in [0.717, 1.165) is 0 Å². The molecule has 3 aromatic heterocycles. The minimum Gasteiger partial charge on any atom is -0.307 e. The summed E-state index contributed by atoms with van der Waals surface area (Å²) in [4.78, 5) is 26.4. The lowest BCUT2D eigenvalue weighted by Crippen LogP contribution is -2.10. The van der Waals surface area contributed by atoms with Crippen LogP contribution in [-0.2, 0) is 0 Å². The molecule has 0 amide bonds. The normalized spacial score (nSPS) is 10.8. The van der Waals surface area contributed by atoms with Crippen molar-refractivity contribution in [1.29, 1.82) is 0 Å². The molecule has 0 radical (unpaired) electrons. The molecule has 96 valence electrons. The molecule has 9 heteroatoms. The van der Waals surface area contributed by atoms with Crippen LogP contribution in [0, 0.1) is 0 Å². The Labute approximate surface area is 111 Å². The molecule has 0 aliphatic carbocycles. The summed E-state index contributed by atoms with van der Waals surface area (Å²) in [5.41, 5.74) is 2.93. The Morgan fingerprint density at radius 1 is 1.37 bits per heavy atom. The van der Waals surface area contributed by atoms with Crippen LogP contribution in [0.15, 0.2) is 45.8 Å². The zero-order valence-corrected chi connectivity index (χ0v) is 10.4. The topological polar surface area (TPSA) is 114 Å². The van der Waals surface area contributed by atoms with E-state index in [1.54, 1.807) is 23.0 Å². The van der Waals surface area contributed by atoms with E-state index < -0.39 is 0 Å². The molecule has 0 fully saturated rings. The number of nitrogens with two attached hydrogens (primary N) is 1. The van der Waals surface area contributed by atoms with Gasteiger partial charge in [-0.2, -0.15) is 0 Å². The zero-order valence-electron chi connectivity index (χ0n) is 9.57. The summed E-state index contributed by atoms with van der Waals surface area (Å²) >= 11 is 1.21. The number of hydrogen-bond acceptors (Lipinski definition) is 7. The number of nitrogens with zero attached hydrogens (tertiary/aromatic N) is 4. The van der Waals surface area contributed by atoms with Gasteiger partial charge in [0.25, 0.3) is 5.56 Å². The predicted octanol–water partition coefficient (Wildman–Crippen LogP) is 0.249. The van der Waals surface area contributed by atoms with Crippen molar-refractivity contribution in [2.45, 2.75) is 10.2 Å². The standard InChI is InChI=1S/C10H9N7OS/c11-16-6-5-17-4-3-12-8(17)9(14-6)19-10-13-2-1-7(18)15-10/h1-5,16H,11H2,(H,13,15,18). The molecule has 0 saturated carbocycles. The number of hydrazine groups is 1. The maximum atomic E-state index is 11.2. The van der Waals surface area contributed by atoms with Crippen LogP contribution in [0.4, 0.5) is 5.82 Å². The van der Waals surface area contributed by atoms with Crippen molar-refractivity contribution < 1.29 is 0 Å². The molecule has 4 N–H and O–H groups in total. The molecule has 0 unspecified atom stereocenters. The molecule has 0 bridgehead atoms. The Morgan fingerprint density at radius 3 is 3.05 bits per heavy atom. The van der Waals surface area contributed by atoms with Crippen molar-refractivity contribution >= 4 is 23.2 Å². The third-order valence-electron chi connectivity index (χ3n) is 2.33. The molecule has 0 saturated heterocycles. The molecule has 3 rings (SSSR count). The van der Waals surface area contributed by atoms with Gasteiger partial charge in [-0.25, -0.2) is 20.8 Å². The first-order chi connectivity index (χ1) is 9.26. The molecule has 3 aromatic rings. The van der Waals surface area contributed by atoms with Crippen molar-refractivity contribution in [2.75, 3.05) is 5.43 Å². The van der Waals surface area contributed by atoms with Gasteiger partial charge in [-0.3, -0.25) is 4.79 Å². The first-order valence-electron chi connectivity index (χ1n) is 5.30. The average molecular weight is 275 g/mol. The molecule has 8 nitrogen and oxygen atoms in total. The molecule has 0 aromatic carbocycles. The number of fused-ring (bicyclic) bond motifs is 1. The number of nitrogens with one attached hydrogen (secondary N) is 2. The highest BCUT2D eigenvalue weighted by molar-refractivity contribution is 7.99. The van der Waals surface area contributed by atoms with Gasteiger partial charge in [-0.15, -0.1) is 0 Å². The summed E-state index contributed by atoms with van der Waals surface area (Å²) in [5, 5.41) is 1.04. The van der Waals surface area contributed by atoms with E-state index in [0.29, 0.717) is 21.6 Å². The van der Waals surface area contributed by atoms with Gasteiger partial charge >= 0.3 is 0 Å². The molecule has 0 atom stereocenters. The van der Waals surface area contributed by atoms with Gasteiger partial charge < -0.3 is 14.8 Å². The number of nitrogen functional groups attached to an aromatic ring is 1. The van der Waals surface area contributed by atoms with Crippen molar-refractivity contribution in [3.05, 3.63) is 41.2 Å². The van der Waals surface area contributed by atoms with Gasteiger partial charge in [-0.05, 0) is 11.8 Å². The van der Waals surface area contributed by atoms with E-state index in [-0.39, 0.29) is 5.56 Å². The van der Waals surface area contributed by atoms with E-state index in [1.165, 1.54) is 24.0 Å². The summed E-state index contributed by atoms with van der Waals surface area (Å²) < 4.78 is 1.78. The van der Waals surface area contributed by atoms with Crippen LogP contribution in [-0.4, -0.2) is 24.3 Å². The Bertz CT molecular complexity index is 781. The second-order valence-electron chi connectivity index (χ2n) is 3.58. The van der Waals surface area contributed by atoms with Crippen LogP contribution in [0.1, 0.15) is 0 Å². The van der Waals surface area contributed by atoms with Crippen molar-refractivity contribution in [1.82, 2.24) is 24.3 Å². The molecule has 3 heterocycles. The quantitative estimate of drug-likeness (QED) is 0.356. The molecule has 0 aliphatic heterocycles. The second-order valence-corrected chi connectivity index (χ2v) is 4.55. The van der Waals surface area contributed by atoms with Crippen LogP contribution >= 0.6 is 11.8 Å². The zero-order chi connectivity index (χ0) is 13.2. The minimum absolute atomic E-state index is 0.218. The molecule has 0 spiro atoms. The van der Waals surface area contributed by atoms with E-state index in [2.05, 4.69) is 25.4 Å². The number of anilines is 1. The number of imidazole rings is 1. The second kappa shape index (κ2) is 4.71. The van der Waals surface area contributed by atoms with E-state index in [1.807, 2.05) is 0 Å². The maximum absolute atomic E-state index is 11.2. The van der Waals surface area contributed by atoms with Gasteiger partial charge in [0, 0.05) is 24.7 Å².